The van der Waals surface area contributed by atoms with Gasteiger partial charge in [0.05, 0.1) is 6.61 Å². The van der Waals surface area contributed by atoms with Gasteiger partial charge in [-0.2, -0.15) is 0 Å². The number of benzene rings is 1. The van der Waals surface area contributed by atoms with Crippen molar-refractivity contribution in [3.05, 3.63) is 29.5 Å². The van der Waals surface area contributed by atoms with E-state index in [-0.39, 0.29) is 36.6 Å². The van der Waals surface area contributed by atoms with Gasteiger partial charge >= 0.3 is 18.9 Å². The molecule has 1 aromatic heterocycles. The number of aliphatic hydroxyl groups excluding tert-OH is 1. The van der Waals surface area contributed by atoms with Crippen molar-refractivity contribution < 1.29 is 29.1 Å². The molecule has 4 nitrogen and oxygen atoms in total. The zero-order chi connectivity index (χ0) is 16.5. The van der Waals surface area contributed by atoms with Crippen LogP contribution in [0.1, 0.15) is 37.4 Å². The molecule has 1 unspecified atom stereocenters. The molecule has 6 rings (SSSR count). The fourth-order valence-electron chi connectivity index (χ4n) is 6.23. The van der Waals surface area contributed by atoms with Crippen molar-refractivity contribution >= 4 is 10.9 Å². The van der Waals surface area contributed by atoms with Crippen molar-refractivity contribution in [3.63, 3.8) is 0 Å². The standard InChI is InChI=1S/C20H26N2O2.Li/c1-2-13-7-12-9-20(11-23)18-15(5-6-22(10-12)19(13)20)16-8-14(24)3-4-17(16)21-18;/h3-4,8,12-13,19,21,23-24H,2,5-7,9-11H2,1H3;/q;+1/p-1/t12-,13+,19+,20-;/m1./s1. The number of nitrogens with one attached hydrogen (secondary N) is 1. The summed E-state index contributed by atoms with van der Waals surface area (Å²) >= 11 is 0. The van der Waals surface area contributed by atoms with Crippen LogP contribution in [-0.4, -0.2) is 40.7 Å². The van der Waals surface area contributed by atoms with Crippen LogP contribution in [0.25, 0.3) is 10.9 Å². The predicted molar refractivity (Wildman–Crippen MR) is 92.1 cm³/mol. The van der Waals surface area contributed by atoms with Crippen LogP contribution in [0.4, 0.5) is 0 Å². The Hall–Kier alpha value is -0.923. The Bertz CT molecular complexity index is 804. The summed E-state index contributed by atoms with van der Waals surface area (Å²) in [5, 5.41) is 23.5. The summed E-state index contributed by atoms with van der Waals surface area (Å²) in [6.45, 7) is 4.71. The van der Waals surface area contributed by atoms with Crippen LogP contribution in [0, 0.1) is 11.8 Å². The van der Waals surface area contributed by atoms with Gasteiger partial charge in [0.1, 0.15) is 0 Å². The number of rotatable bonds is 2. The van der Waals surface area contributed by atoms with E-state index in [9.17, 15) is 10.2 Å². The number of nitrogens with zero attached hydrogens (tertiary/aromatic N) is 1. The molecular weight excluding hydrogens is 307 g/mol. The molecule has 4 heterocycles. The molecule has 1 saturated carbocycles. The van der Waals surface area contributed by atoms with Gasteiger partial charge in [-0.15, -0.1) is 5.75 Å². The molecular formula is C20H25LiN2O2. The molecule has 0 amide bonds. The van der Waals surface area contributed by atoms with E-state index in [1.165, 1.54) is 30.6 Å². The second-order valence-corrected chi connectivity index (χ2v) is 8.16. The summed E-state index contributed by atoms with van der Waals surface area (Å²) in [6.07, 6.45) is 4.53. The van der Waals surface area contributed by atoms with Crippen LogP contribution in [0.3, 0.4) is 0 Å². The predicted octanol–water partition coefficient (Wildman–Crippen LogP) is -0.848. The first-order chi connectivity index (χ1) is 11.7. The Morgan fingerprint density at radius 3 is 3.00 bits per heavy atom. The first-order valence-electron chi connectivity index (χ1n) is 9.33. The summed E-state index contributed by atoms with van der Waals surface area (Å²) < 4.78 is 0. The number of aromatic nitrogens is 1. The SMILES string of the molecule is CC[C@H]1C[C@H]2CN3CCc4c([nH]c5ccc([O-])cc45)[C@](CO)(C2)[C@H]13.[Li+]. The van der Waals surface area contributed by atoms with Crippen LogP contribution >= 0.6 is 0 Å². The van der Waals surface area contributed by atoms with Gasteiger partial charge in [0.25, 0.3) is 0 Å². The van der Waals surface area contributed by atoms with Crippen LogP contribution in [-0.2, 0) is 11.8 Å². The average Bonchev–Trinajstić information content (AvgIpc) is 2.93. The maximum Gasteiger partial charge on any atom is 1.00 e. The minimum atomic E-state index is -0.185. The Labute approximate surface area is 160 Å². The van der Waals surface area contributed by atoms with Gasteiger partial charge in [-0.1, -0.05) is 25.5 Å². The van der Waals surface area contributed by atoms with Gasteiger partial charge in [0, 0.05) is 41.1 Å². The van der Waals surface area contributed by atoms with Gasteiger partial charge in [-0.05, 0) is 42.7 Å². The van der Waals surface area contributed by atoms with Gasteiger partial charge in [-0.25, -0.2) is 0 Å². The second kappa shape index (κ2) is 6.06. The molecule has 5 atom stereocenters. The monoisotopic (exact) mass is 332 g/mol. The zero-order valence-electron chi connectivity index (χ0n) is 15.2. The van der Waals surface area contributed by atoms with Crippen LogP contribution in [0.5, 0.6) is 5.75 Å². The third kappa shape index (κ3) is 2.28. The van der Waals surface area contributed by atoms with E-state index in [0.29, 0.717) is 17.9 Å². The molecule has 2 aromatic rings. The summed E-state index contributed by atoms with van der Waals surface area (Å²) in [4.78, 5) is 6.28. The fraction of sp³-hybridized carbons (Fsp3) is 0.600. The number of H-pyrrole nitrogens is 1. The molecule has 1 aromatic carbocycles. The van der Waals surface area contributed by atoms with Gasteiger partial charge < -0.3 is 15.2 Å². The molecule has 1 aliphatic carbocycles. The Balaban J connectivity index is 0.00000157. The third-order valence-electron chi connectivity index (χ3n) is 7.02. The Morgan fingerprint density at radius 2 is 2.24 bits per heavy atom. The molecule has 0 spiro atoms. The summed E-state index contributed by atoms with van der Waals surface area (Å²) in [7, 11) is 0. The average molecular weight is 332 g/mol. The maximum atomic E-state index is 11.9. The summed E-state index contributed by atoms with van der Waals surface area (Å²) in [6, 6.07) is 5.75. The topological polar surface area (TPSA) is 62.3 Å². The van der Waals surface area contributed by atoms with Crippen molar-refractivity contribution in [1.82, 2.24) is 9.88 Å². The van der Waals surface area contributed by atoms with Crippen molar-refractivity contribution in [2.45, 2.75) is 44.1 Å². The molecule has 2 N–H and O–H groups in total. The molecule has 5 heteroatoms. The fourth-order valence-corrected chi connectivity index (χ4v) is 6.23. The van der Waals surface area contributed by atoms with E-state index in [2.05, 4.69) is 16.8 Å². The minimum Gasteiger partial charge on any atom is -0.872 e. The smallest absolute Gasteiger partial charge is 0.872 e. The number of piperidine rings is 2. The summed E-state index contributed by atoms with van der Waals surface area (Å²) in [5.74, 6) is 1.42. The molecule has 2 saturated heterocycles. The van der Waals surface area contributed by atoms with E-state index in [4.69, 9.17) is 0 Å². The van der Waals surface area contributed by atoms with Crippen molar-refractivity contribution in [2.24, 2.45) is 11.8 Å². The Kier molecular flexibility index (Phi) is 4.24. The number of aromatic amines is 1. The molecule has 3 fully saturated rings. The first kappa shape index (κ1) is 17.5. The van der Waals surface area contributed by atoms with Crippen LogP contribution in [0.2, 0.25) is 0 Å². The van der Waals surface area contributed by atoms with E-state index >= 15 is 0 Å². The molecule has 3 aliphatic heterocycles. The molecule has 4 aliphatic rings. The normalized spacial score (nSPS) is 35.9. The zero-order valence-corrected chi connectivity index (χ0v) is 15.2. The van der Waals surface area contributed by atoms with Gasteiger partial charge in [-0.3, -0.25) is 4.90 Å². The van der Waals surface area contributed by atoms with Crippen molar-refractivity contribution in [1.29, 1.82) is 0 Å². The Morgan fingerprint density at radius 1 is 1.40 bits per heavy atom. The molecule has 4 bridgehead atoms. The molecule has 0 radical (unpaired) electrons. The number of aliphatic hydroxyl groups is 1. The third-order valence-corrected chi connectivity index (χ3v) is 7.02. The summed E-state index contributed by atoms with van der Waals surface area (Å²) in [5.41, 5.74) is 3.37. The maximum absolute atomic E-state index is 11.9. The number of hydrogen-bond donors (Lipinski definition) is 2. The van der Waals surface area contributed by atoms with Crippen LogP contribution in [0.15, 0.2) is 18.2 Å². The first-order valence-corrected chi connectivity index (χ1v) is 9.33. The minimum absolute atomic E-state index is 0. The molecule has 25 heavy (non-hydrogen) atoms. The number of hydrogen-bond acceptors (Lipinski definition) is 3. The van der Waals surface area contributed by atoms with E-state index in [1.807, 2.05) is 6.07 Å². The number of fused-ring (bicyclic) bond motifs is 4. The van der Waals surface area contributed by atoms with Gasteiger partial charge in [0.15, 0.2) is 0 Å². The van der Waals surface area contributed by atoms with E-state index < -0.39 is 0 Å². The quantitative estimate of drug-likeness (QED) is 0.705. The van der Waals surface area contributed by atoms with Crippen LogP contribution < -0.4 is 24.0 Å². The second-order valence-electron chi connectivity index (χ2n) is 8.16. The largest absolute Gasteiger partial charge is 1.00 e. The van der Waals surface area contributed by atoms with Crippen molar-refractivity contribution in [3.8, 4) is 5.75 Å². The van der Waals surface area contributed by atoms with Gasteiger partial charge in [0.2, 0.25) is 0 Å². The van der Waals surface area contributed by atoms with E-state index in [0.717, 1.165) is 30.3 Å². The molecule has 128 valence electrons. The van der Waals surface area contributed by atoms with E-state index in [1.54, 1.807) is 12.1 Å². The van der Waals surface area contributed by atoms with Crippen molar-refractivity contribution in [2.75, 3.05) is 19.7 Å².